The standard InChI is InChI=1S/C11H16N4O4S/c1-12-20(18,19)9-2-3-10(11(6-9)15(16)17)14-8-4-5-13-7-8/h2-3,6,8,12-14H,4-5,7H2,1H3. The summed E-state index contributed by atoms with van der Waals surface area (Å²) in [5.74, 6) is 0. The first-order valence-electron chi connectivity index (χ1n) is 6.13. The van der Waals surface area contributed by atoms with Crippen LogP contribution >= 0.6 is 0 Å². The fraction of sp³-hybridized carbons (Fsp3) is 0.455. The van der Waals surface area contributed by atoms with E-state index in [-0.39, 0.29) is 16.6 Å². The number of nitro groups is 1. The Kier molecular flexibility index (Phi) is 4.21. The number of sulfonamides is 1. The molecule has 1 aromatic carbocycles. The number of nitrogens with one attached hydrogen (secondary N) is 3. The monoisotopic (exact) mass is 300 g/mol. The summed E-state index contributed by atoms with van der Waals surface area (Å²) in [5.41, 5.74) is 0.0898. The van der Waals surface area contributed by atoms with Crippen molar-refractivity contribution in [1.29, 1.82) is 0 Å². The number of anilines is 1. The van der Waals surface area contributed by atoms with E-state index in [2.05, 4.69) is 15.4 Å². The van der Waals surface area contributed by atoms with Crippen LogP contribution in [0.25, 0.3) is 0 Å². The van der Waals surface area contributed by atoms with Crippen LogP contribution in [0.3, 0.4) is 0 Å². The molecule has 1 aliphatic rings. The van der Waals surface area contributed by atoms with Crippen LogP contribution in [0.4, 0.5) is 11.4 Å². The number of nitrogens with zero attached hydrogens (tertiary/aromatic N) is 1. The van der Waals surface area contributed by atoms with Gasteiger partial charge in [0.15, 0.2) is 0 Å². The van der Waals surface area contributed by atoms with E-state index in [9.17, 15) is 18.5 Å². The van der Waals surface area contributed by atoms with E-state index in [1.54, 1.807) is 0 Å². The molecule has 20 heavy (non-hydrogen) atoms. The molecule has 8 nitrogen and oxygen atoms in total. The van der Waals surface area contributed by atoms with Gasteiger partial charge in [0, 0.05) is 18.7 Å². The lowest BCUT2D eigenvalue weighted by molar-refractivity contribution is -0.384. The van der Waals surface area contributed by atoms with Crippen LogP contribution in [0.5, 0.6) is 0 Å². The second-order valence-electron chi connectivity index (χ2n) is 4.48. The molecule has 1 heterocycles. The lowest BCUT2D eigenvalue weighted by Gasteiger charge is -2.13. The molecule has 2 rings (SSSR count). The lowest BCUT2D eigenvalue weighted by Crippen LogP contribution is -2.23. The fourth-order valence-electron chi connectivity index (χ4n) is 2.07. The molecule has 1 aromatic rings. The predicted octanol–water partition coefficient (Wildman–Crippen LogP) is 0.277. The second-order valence-corrected chi connectivity index (χ2v) is 6.36. The van der Waals surface area contributed by atoms with E-state index in [0.29, 0.717) is 5.69 Å². The summed E-state index contributed by atoms with van der Waals surface area (Å²) in [7, 11) is -2.43. The Morgan fingerprint density at radius 3 is 2.75 bits per heavy atom. The highest BCUT2D eigenvalue weighted by atomic mass is 32.2. The number of hydrogen-bond donors (Lipinski definition) is 3. The molecule has 0 amide bonds. The number of hydrogen-bond acceptors (Lipinski definition) is 6. The minimum atomic E-state index is -3.69. The summed E-state index contributed by atoms with van der Waals surface area (Å²) in [5, 5.41) is 17.3. The molecule has 9 heteroatoms. The van der Waals surface area contributed by atoms with Crippen molar-refractivity contribution >= 4 is 21.4 Å². The van der Waals surface area contributed by atoms with Gasteiger partial charge in [-0.15, -0.1) is 0 Å². The molecule has 1 saturated heterocycles. The van der Waals surface area contributed by atoms with Gasteiger partial charge in [0.25, 0.3) is 5.69 Å². The van der Waals surface area contributed by atoms with Gasteiger partial charge in [0.05, 0.1) is 9.82 Å². The molecular weight excluding hydrogens is 284 g/mol. The van der Waals surface area contributed by atoms with Gasteiger partial charge in [0.2, 0.25) is 10.0 Å². The molecular formula is C11H16N4O4S. The highest BCUT2D eigenvalue weighted by Gasteiger charge is 2.23. The molecule has 110 valence electrons. The summed E-state index contributed by atoms with van der Waals surface area (Å²) < 4.78 is 25.5. The van der Waals surface area contributed by atoms with Gasteiger partial charge in [-0.2, -0.15) is 0 Å². The van der Waals surface area contributed by atoms with Crippen LogP contribution in [-0.4, -0.2) is 39.5 Å². The summed E-state index contributed by atoms with van der Waals surface area (Å²) in [6.07, 6.45) is 0.869. The van der Waals surface area contributed by atoms with Gasteiger partial charge in [-0.05, 0) is 32.1 Å². The molecule has 1 unspecified atom stereocenters. The van der Waals surface area contributed by atoms with E-state index < -0.39 is 14.9 Å². The van der Waals surface area contributed by atoms with Crippen LogP contribution in [-0.2, 0) is 10.0 Å². The van der Waals surface area contributed by atoms with Gasteiger partial charge in [-0.25, -0.2) is 13.1 Å². The molecule has 0 spiro atoms. The van der Waals surface area contributed by atoms with Crippen LogP contribution < -0.4 is 15.4 Å². The Bertz CT molecular complexity index is 611. The molecule has 1 atom stereocenters. The zero-order valence-corrected chi connectivity index (χ0v) is 11.7. The summed E-state index contributed by atoms with van der Waals surface area (Å²) in [6.45, 7) is 1.59. The Morgan fingerprint density at radius 1 is 1.45 bits per heavy atom. The third kappa shape index (κ3) is 3.06. The SMILES string of the molecule is CNS(=O)(=O)c1ccc(NC2CCNC2)c([N+](=O)[O-])c1. The van der Waals surface area contributed by atoms with Gasteiger partial charge in [0.1, 0.15) is 5.69 Å². The van der Waals surface area contributed by atoms with Gasteiger partial charge >= 0.3 is 0 Å². The highest BCUT2D eigenvalue weighted by molar-refractivity contribution is 7.89. The number of rotatable bonds is 5. The van der Waals surface area contributed by atoms with E-state index in [4.69, 9.17) is 0 Å². The minimum absolute atomic E-state index is 0.112. The first-order chi connectivity index (χ1) is 9.44. The molecule has 0 aromatic heterocycles. The minimum Gasteiger partial charge on any atom is -0.375 e. The van der Waals surface area contributed by atoms with Crippen molar-refractivity contribution < 1.29 is 13.3 Å². The van der Waals surface area contributed by atoms with Crippen LogP contribution in [0.1, 0.15) is 6.42 Å². The van der Waals surface area contributed by atoms with Crippen molar-refractivity contribution in [2.45, 2.75) is 17.4 Å². The molecule has 1 aliphatic heterocycles. The third-order valence-electron chi connectivity index (χ3n) is 3.16. The predicted molar refractivity (Wildman–Crippen MR) is 74.2 cm³/mol. The average molecular weight is 300 g/mol. The van der Waals surface area contributed by atoms with E-state index >= 15 is 0 Å². The smallest absolute Gasteiger partial charge is 0.293 e. The first-order valence-corrected chi connectivity index (χ1v) is 7.61. The first kappa shape index (κ1) is 14.7. The Morgan fingerprint density at radius 2 is 2.20 bits per heavy atom. The second kappa shape index (κ2) is 5.73. The Labute approximate surface area is 116 Å². The van der Waals surface area contributed by atoms with Crippen LogP contribution in [0.2, 0.25) is 0 Å². The maximum Gasteiger partial charge on any atom is 0.293 e. The highest BCUT2D eigenvalue weighted by Crippen LogP contribution is 2.28. The lowest BCUT2D eigenvalue weighted by atomic mass is 10.2. The largest absolute Gasteiger partial charge is 0.375 e. The zero-order chi connectivity index (χ0) is 14.8. The van der Waals surface area contributed by atoms with Gasteiger partial charge in [-0.1, -0.05) is 0 Å². The van der Waals surface area contributed by atoms with Crippen molar-refractivity contribution in [1.82, 2.24) is 10.0 Å². The normalized spacial score (nSPS) is 18.9. The van der Waals surface area contributed by atoms with Crippen molar-refractivity contribution in [3.8, 4) is 0 Å². The zero-order valence-electron chi connectivity index (χ0n) is 10.9. The molecule has 3 N–H and O–H groups in total. The van der Waals surface area contributed by atoms with Crippen LogP contribution in [0.15, 0.2) is 23.1 Å². The van der Waals surface area contributed by atoms with Crippen molar-refractivity contribution in [3.05, 3.63) is 28.3 Å². The van der Waals surface area contributed by atoms with E-state index in [0.717, 1.165) is 25.6 Å². The van der Waals surface area contributed by atoms with E-state index in [1.165, 1.54) is 19.2 Å². The molecule has 0 aliphatic carbocycles. The third-order valence-corrected chi connectivity index (χ3v) is 4.58. The number of benzene rings is 1. The summed E-state index contributed by atoms with van der Waals surface area (Å²) in [4.78, 5) is 10.4. The van der Waals surface area contributed by atoms with Gasteiger partial charge in [-0.3, -0.25) is 10.1 Å². The summed E-state index contributed by atoms with van der Waals surface area (Å²) >= 11 is 0. The molecule has 0 saturated carbocycles. The van der Waals surface area contributed by atoms with Crippen LogP contribution in [0, 0.1) is 10.1 Å². The quantitative estimate of drug-likeness (QED) is 0.531. The molecule has 0 bridgehead atoms. The Balaban J connectivity index is 2.35. The van der Waals surface area contributed by atoms with Gasteiger partial charge < -0.3 is 10.6 Å². The molecule has 1 fully saturated rings. The maximum atomic E-state index is 11.7. The fourth-order valence-corrected chi connectivity index (χ4v) is 2.82. The van der Waals surface area contributed by atoms with E-state index in [1.807, 2.05) is 0 Å². The topological polar surface area (TPSA) is 113 Å². The maximum absolute atomic E-state index is 11.7. The van der Waals surface area contributed by atoms with Crippen molar-refractivity contribution in [2.24, 2.45) is 0 Å². The molecule has 0 radical (unpaired) electrons. The Hall–Kier alpha value is -1.71. The van der Waals surface area contributed by atoms with Crippen molar-refractivity contribution in [2.75, 3.05) is 25.5 Å². The van der Waals surface area contributed by atoms with Crippen molar-refractivity contribution in [3.63, 3.8) is 0 Å². The summed E-state index contributed by atoms with van der Waals surface area (Å²) in [6, 6.07) is 3.96. The average Bonchev–Trinajstić information content (AvgIpc) is 2.91. The number of nitro benzene ring substituents is 1.